The molecule has 1 saturated heterocycles. The number of nitrogens with one attached hydrogen (secondary N) is 1. The van der Waals surface area contributed by atoms with Crippen LogP contribution in [-0.4, -0.2) is 61.6 Å². The number of esters is 1. The van der Waals surface area contributed by atoms with Gasteiger partial charge in [0, 0.05) is 12.3 Å². The zero-order chi connectivity index (χ0) is 23.8. The Balaban J connectivity index is 2.08. The first-order valence-corrected chi connectivity index (χ1v) is 10.4. The molecule has 13 nitrogen and oxygen atoms in total. The number of carbonyl (C=O) groups is 1. The van der Waals surface area contributed by atoms with E-state index in [2.05, 4.69) is 13.8 Å². The van der Waals surface area contributed by atoms with E-state index in [1.807, 2.05) is 4.98 Å². The summed E-state index contributed by atoms with van der Waals surface area (Å²) < 4.78 is 46.2. The van der Waals surface area contributed by atoms with E-state index in [1.54, 1.807) is 0 Å². The van der Waals surface area contributed by atoms with Gasteiger partial charge in [-0.25, -0.2) is 18.3 Å². The normalized spacial score (nSPS) is 30.7. The van der Waals surface area contributed by atoms with Crippen molar-refractivity contribution in [2.45, 2.75) is 51.5 Å². The van der Waals surface area contributed by atoms with E-state index in [0.29, 0.717) is 4.57 Å². The highest BCUT2D eigenvalue weighted by Gasteiger charge is 2.63. The first-order chi connectivity index (χ1) is 14.0. The van der Waals surface area contributed by atoms with Crippen LogP contribution in [0.3, 0.4) is 0 Å². The molecular weight excluding hydrogens is 446 g/mol. The van der Waals surface area contributed by atoms with Gasteiger partial charge in [0.25, 0.3) is 11.4 Å². The molecule has 0 aromatic carbocycles. The fraction of sp³-hybridized carbons (Fsp3) is 0.688. The minimum Gasteiger partial charge on any atom is -0.437 e. The zero-order valence-corrected chi connectivity index (χ0v) is 18.0. The predicted octanol–water partition coefficient (Wildman–Crippen LogP) is -0.476. The summed E-state index contributed by atoms with van der Waals surface area (Å²) in [5.74, 6) is -4.00. The molecule has 176 valence electrons. The number of alkyl halides is 1. The molecule has 2 rings (SSSR count). The van der Waals surface area contributed by atoms with E-state index >= 15 is 4.39 Å². The van der Waals surface area contributed by atoms with Gasteiger partial charge in [0.2, 0.25) is 6.79 Å². The van der Waals surface area contributed by atoms with Gasteiger partial charge in [0.1, 0.15) is 18.3 Å². The number of carbonyl (C=O) groups excluding carboxylic acids is 1. The van der Waals surface area contributed by atoms with Crippen LogP contribution in [0.25, 0.3) is 0 Å². The van der Waals surface area contributed by atoms with Crippen molar-refractivity contribution in [2.24, 2.45) is 5.41 Å². The number of aliphatic hydroxyl groups is 2. The van der Waals surface area contributed by atoms with Gasteiger partial charge in [0.15, 0.2) is 6.23 Å². The first kappa shape index (κ1) is 25.3. The van der Waals surface area contributed by atoms with Crippen LogP contribution in [-0.2, 0) is 27.9 Å². The van der Waals surface area contributed by atoms with Gasteiger partial charge < -0.3 is 24.6 Å². The van der Waals surface area contributed by atoms with Crippen molar-refractivity contribution in [1.29, 1.82) is 0 Å². The van der Waals surface area contributed by atoms with Crippen LogP contribution in [0.15, 0.2) is 21.9 Å². The third-order valence-corrected chi connectivity index (χ3v) is 5.20. The van der Waals surface area contributed by atoms with Gasteiger partial charge in [0.05, 0.1) is 5.41 Å². The predicted molar refractivity (Wildman–Crippen MR) is 99.2 cm³/mol. The van der Waals surface area contributed by atoms with Crippen molar-refractivity contribution in [3.63, 3.8) is 0 Å². The Hall–Kier alpha value is -1.93. The number of ether oxygens (including phenoxy) is 2. The summed E-state index contributed by atoms with van der Waals surface area (Å²) in [5.41, 5.74) is -5.15. The number of aromatic nitrogens is 2. The molecular formula is C16H24FN2O11P. The monoisotopic (exact) mass is 470 g/mol. The second-order valence-electron chi connectivity index (χ2n) is 8.07. The molecule has 5 atom stereocenters. The standard InChI is InChI=1S/C16H24FN2O11P/c1-14(2,3)12(22)27-8-29-31(25,26)28-7-16(17)10(21)15(4,24)11(30-16)19-6-5-9(20)18-13(19)23/h5-6,10-11,21,24H,7-8H2,1-4H3,(H,25,26)(H,18,20,23)/t10-,11-,15+,16+/m0/s1. The third kappa shape index (κ3) is 5.66. The van der Waals surface area contributed by atoms with Crippen molar-refractivity contribution in [3.8, 4) is 0 Å². The summed E-state index contributed by atoms with van der Waals surface area (Å²) in [5, 5.41) is 20.7. The van der Waals surface area contributed by atoms with Crippen LogP contribution in [0.5, 0.6) is 0 Å². The summed E-state index contributed by atoms with van der Waals surface area (Å²) >= 11 is 0. The van der Waals surface area contributed by atoms with Crippen molar-refractivity contribution >= 4 is 13.8 Å². The van der Waals surface area contributed by atoms with E-state index in [0.717, 1.165) is 19.2 Å². The number of halogens is 1. The van der Waals surface area contributed by atoms with Crippen LogP contribution < -0.4 is 11.2 Å². The molecule has 0 amide bonds. The van der Waals surface area contributed by atoms with Crippen LogP contribution >= 0.6 is 7.82 Å². The van der Waals surface area contributed by atoms with Crippen LogP contribution in [0.1, 0.15) is 33.9 Å². The second kappa shape index (κ2) is 8.54. The van der Waals surface area contributed by atoms with E-state index in [1.165, 1.54) is 20.8 Å². The summed E-state index contributed by atoms with van der Waals surface area (Å²) in [4.78, 5) is 46.2. The van der Waals surface area contributed by atoms with Crippen LogP contribution in [0.4, 0.5) is 4.39 Å². The second-order valence-corrected chi connectivity index (χ2v) is 9.53. The summed E-state index contributed by atoms with van der Waals surface area (Å²) in [6.45, 7) is 3.17. The molecule has 1 fully saturated rings. The maximum Gasteiger partial charge on any atom is 0.475 e. The van der Waals surface area contributed by atoms with Gasteiger partial charge in [-0.1, -0.05) is 0 Å². The fourth-order valence-corrected chi connectivity index (χ4v) is 3.17. The number of H-pyrrole nitrogens is 1. The Labute approximate surface area is 174 Å². The molecule has 0 saturated carbocycles. The number of rotatable bonds is 7. The van der Waals surface area contributed by atoms with E-state index in [9.17, 15) is 34.1 Å². The largest absolute Gasteiger partial charge is 0.475 e. The van der Waals surface area contributed by atoms with Gasteiger partial charge in [-0.15, -0.1) is 0 Å². The summed E-state index contributed by atoms with van der Waals surface area (Å²) in [6, 6.07) is 0.899. The van der Waals surface area contributed by atoms with E-state index < -0.39 is 67.6 Å². The number of hydrogen-bond donors (Lipinski definition) is 4. The maximum absolute atomic E-state index is 15.2. The molecule has 4 N–H and O–H groups in total. The topological polar surface area (TPSA) is 187 Å². The molecule has 0 bridgehead atoms. The number of nitrogens with zero attached hydrogens (tertiary/aromatic N) is 1. The Kier molecular flexibility index (Phi) is 6.98. The average Bonchev–Trinajstić information content (AvgIpc) is 2.80. The van der Waals surface area contributed by atoms with Crippen molar-refractivity contribution in [1.82, 2.24) is 9.55 Å². The number of phosphoric ester groups is 1. The molecule has 0 aliphatic carbocycles. The van der Waals surface area contributed by atoms with Gasteiger partial charge >= 0.3 is 19.5 Å². The molecule has 31 heavy (non-hydrogen) atoms. The van der Waals surface area contributed by atoms with Crippen molar-refractivity contribution in [2.75, 3.05) is 13.4 Å². The highest BCUT2D eigenvalue weighted by molar-refractivity contribution is 7.47. The highest BCUT2D eigenvalue weighted by atomic mass is 31.2. The molecule has 0 radical (unpaired) electrons. The number of phosphoric acid groups is 1. The Morgan fingerprint density at radius 2 is 2.00 bits per heavy atom. The van der Waals surface area contributed by atoms with Gasteiger partial charge in [-0.2, -0.15) is 0 Å². The first-order valence-electron chi connectivity index (χ1n) is 8.87. The molecule has 15 heteroatoms. The molecule has 1 aliphatic heterocycles. The fourth-order valence-electron chi connectivity index (χ4n) is 2.57. The smallest absolute Gasteiger partial charge is 0.437 e. The lowest BCUT2D eigenvalue weighted by Gasteiger charge is -2.27. The van der Waals surface area contributed by atoms with Crippen molar-refractivity contribution in [3.05, 3.63) is 33.1 Å². The minimum atomic E-state index is -4.98. The molecule has 1 aliphatic rings. The molecule has 1 aromatic rings. The molecule has 1 unspecified atom stereocenters. The molecule has 1 aromatic heterocycles. The lowest BCUT2D eigenvalue weighted by atomic mass is 9.95. The van der Waals surface area contributed by atoms with E-state index in [4.69, 9.17) is 4.74 Å². The highest BCUT2D eigenvalue weighted by Crippen LogP contribution is 2.49. The van der Waals surface area contributed by atoms with Gasteiger partial charge in [-0.05, 0) is 27.7 Å². The minimum absolute atomic E-state index is 0.618. The lowest BCUT2D eigenvalue weighted by molar-refractivity contribution is -0.206. The number of hydrogen-bond acceptors (Lipinski definition) is 10. The average molecular weight is 470 g/mol. The summed E-state index contributed by atoms with van der Waals surface area (Å²) in [6.07, 6.45) is -3.27. The quantitative estimate of drug-likeness (QED) is 0.229. The third-order valence-electron chi connectivity index (χ3n) is 4.32. The Morgan fingerprint density at radius 3 is 2.55 bits per heavy atom. The zero-order valence-electron chi connectivity index (χ0n) is 17.1. The Morgan fingerprint density at radius 1 is 1.39 bits per heavy atom. The SMILES string of the molecule is CC(C)(C)C(=O)OCOP(=O)(O)OC[C@@]1(F)O[C@H](n2ccc(=O)[nH]c2=O)[C@](C)(O)[C@@H]1O. The number of aromatic amines is 1. The lowest BCUT2D eigenvalue weighted by Crippen LogP contribution is -2.50. The summed E-state index contributed by atoms with van der Waals surface area (Å²) in [7, 11) is -4.98. The van der Waals surface area contributed by atoms with E-state index in [-0.39, 0.29) is 0 Å². The molecule has 2 heterocycles. The Bertz CT molecular complexity index is 985. The van der Waals surface area contributed by atoms with Crippen molar-refractivity contribution < 1.29 is 47.4 Å². The number of aliphatic hydroxyl groups excluding tert-OH is 1. The van der Waals surface area contributed by atoms with Crippen LogP contribution in [0.2, 0.25) is 0 Å². The van der Waals surface area contributed by atoms with Crippen LogP contribution in [0, 0.1) is 5.41 Å². The molecule has 0 spiro atoms. The maximum atomic E-state index is 15.2. The van der Waals surface area contributed by atoms with Gasteiger partial charge in [-0.3, -0.25) is 23.7 Å².